The number of nitrogens with one attached hydrogen (secondary N) is 1. The second-order valence-electron chi connectivity index (χ2n) is 4.57. The number of benzene rings is 1. The molecule has 1 aromatic carbocycles. The molecule has 0 aliphatic rings. The van der Waals surface area contributed by atoms with Crippen molar-refractivity contribution < 1.29 is 13.9 Å². The summed E-state index contributed by atoms with van der Waals surface area (Å²) in [6.07, 6.45) is -1.68. The van der Waals surface area contributed by atoms with Crippen molar-refractivity contribution in [1.29, 1.82) is 0 Å². The van der Waals surface area contributed by atoms with Crippen molar-refractivity contribution in [3.63, 3.8) is 0 Å². The maximum atomic E-state index is 12.5. The van der Waals surface area contributed by atoms with E-state index in [4.69, 9.17) is 5.11 Å². The van der Waals surface area contributed by atoms with Crippen LogP contribution < -0.4 is 5.32 Å². The second kappa shape index (κ2) is 9.39. The normalized spacial score (nSPS) is 13.2. The number of aliphatic hydroxyl groups excluding tert-OH is 1. The van der Waals surface area contributed by atoms with Crippen molar-refractivity contribution in [2.45, 2.75) is 18.9 Å². The molecule has 0 saturated heterocycles. The summed E-state index contributed by atoms with van der Waals surface area (Å²) < 4.78 is 25.9. The molecule has 0 aliphatic heterocycles. The van der Waals surface area contributed by atoms with Crippen molar-refractivity contribution in [3.05, 3.63) is 34.3 Å². The Morgan fingerprint density at radius 1 is 1.30 bits per heavy atom. The lowest BCUT2D eigenvalue weighted by Crippen LogP contribution is -2.34. The van der Waals surface area contributed by atoms with Gasteiger partial charge in [-0.2, -0.15) is 0 Å². The number of rotatable bonds is 9. The quantitative estimate of drug-likeness (QED) is 0.718. The van der Waals surface area contributed by atoms with Crippen molar-refractivity contribution in [2.75, 3.05) is 33.3 Å². The summed E-state index contributed by atoms with van der Waals surface area (Å²) in [6, 6.07) is 7.95. The van der Waals surface area contributed by atoms with E-state index in [0.717, 1.165) is 10.0 Å². The zero-order valence-corrected chi connectivity index (χ0v) is 13.1. The van der Waals surface area contributed by atoms with E-state index in [-0.39, 0.29) is 25.7 Å². The molecule has 20 heavy (non-hydrogen) atoms. The molecule has 0 heterocycles. The zero-order chi connectivity index (χ0) is 15.0. The topological polar surface area (TPSA) is 35.5 Å². The molecule has 0 radical (unpaired) electrons. The Kier molecular flexibility index (Phi) is 8.21. The van der Waals surface area contributed by atoms with Crippen LogP contribution in [-0.2, 0) is 0 Å². The molecular formula is C14H21BrF2N2O. The Morgan fingerprint density at radius 2 is 2.00 bits per heavy atom. The molecule has 0 saturated carbocycles. The minimum atomic E-state index is -2.38. The van der Waals surface area contributed by atoms with Gasteiger partial charge in [-0.1, -0.05) is 34.1 Å². The molecular weight excluding hydrogens is 330 g/mol. The maximum absolute atomic E-state index is 12.5. The molecule has 0 aromatic heterocycles. The van der Waals surface area contributed by atoms with Gasteiger partial charge in [0.2, 0.25) is 0 Å². The molecule has 1 atom stereocenters. The molecule has 0 fully saturated rings. The van der Waals surface area contributed by atoms with Gasteiger partial charge in [-0.25, -0.2) is 8.78 Å². The van der Waals surface area contributed by atoms with Gasteiger partial charge in [0.25, 0.3) is 6.43 Å². The third kappa shape index (κ3) is 5.83. The van der Waals surface area contributed by atoms with Crippen molar-refractivity contribution in [2.24, 2.45) is 0 Å². The third-order valence-electron chi connectivity index (χ3n) is 3.18. The fraction of sp³-hybridized carbons (Fsp3) is 0.571. The lowest BCUT2D eigenvalue weighted by Gasteiger charge is -2.24. The predicted octanol–water partition coefficient (Wildman–Crippen LogP) is 2.66. The average molecular weight is 351 g/mol. The Balaban J connectivity index is 2.61. The van der Waals surface area contributed by atoms with Crippen LogP contribution in [0.5, 0.6) is 0 Å². The first-order valence-corrected chi connectivity index (χ1v) is 7.40. The molecule has 6 heteroatoms. The predicted molar refractivity (Wildman–Crippen MR) is 80.1 cm³/mol. The standard InChI is InChI=1S/C14H21BrF2N2O/c1-18-13(11-4-2-3-5-12(11)15)6-7-19(8-9-20)10-14(16)17/h2-5,13-14,18,20H,6-10H2,1H3. The Hall–Kier alpha value is -0.560. The highest BCUT2D eigenvalue weighted by Crippen LogP contribution is 2.25. The van der Waals surface area contributed by atoms with Crippen molar-refractivity contribution in [3.8, 4) is 0 Å². The Labute approximate surface area is 127 Å². The van der Waals surface area contributed by atoms with Crippen molar-refractivity contribution >= 4 is 15.9 Å². The summed E-state index contributed by atoms with van der Waals surface area (Å²) in [6.45, 7) is 0.382. The number of aliphatic hydroxyl groups is 1. The SMILES string of the molecule is CNC(CCN(CCO)CC(F)F)c1ccccc1Br. The first-order valence-electron chi connectivity index (χ1n) is 6.61. The number of alkyl halides is 2. The lowest BCUT2D eigenvalue weighted by molar-refractivity contribution is 0.0763. The van der Waals surface area contributed by atoms with E-state index in [9.17, 15) is 8.78 Å². The smallest absolute Gasteiger partial charge is 0.251 e. The van der Waals surface area contributed by atoms with Crippen LogP contribution in [0.2, 0.25) is 0 Å². The molecule has 0 aliphatic carbocycles. The van der Waals surface area contributed by atoms with Gasteiger partial charge in [-0.15, -0.1) is 0 Å². The first-order chi connectivity index (χ1) is 9.58. The summed E-state index contributed by atoms with van der Waals surface area (Å²) in [7, 11) is 1.85. The summed E-state index contributed by atoms with van der Waals surface area (Å²) in [5.74, 6) is 0. The van der Waals surface area contributed by atoms with Gasteiger partial charge >= 0.3 is 0 Å². The van der Waals surface area contributed by atoms with Crippen molar-refractivity contribution in [1.82, 2.24) is 10.2 Å². The van der Waals surface area contributed by atoms with Gasteiger partial charge in [-0.05, 0) is 25.1 Å². The van der Waals surface area contributed by atoms with E-state index in [2.05, 4.69) is 21.2 Å². The summed E-state index contributed by atoms with van der Waals surface area (Å²) in [4.78, 5) is 1.59. The van der Waals surface area contributed by atoms with Crippen LogP contribution in [0.15, 0.2) is 28.7 Å². The molecule has 2 N–H and O–H groups in total. The van der Waals surface area contributed by atoms with Crippen LogP contribution in [-0.4, -0.2) is 49.7 Å². The van der Waals surface area contributed by atoms with Gasteiger partial charge in [0.05, 0.1) is 13.2 Å². The lowest BCUT2D eigenvalue weighted by atomic mass is 10.0. The highest BCUT2D eigenvalue weighted by Gasteiger charge is 2.16. The summed E-state index contributed by atoms with van der Waals surface area (Å²) in [5, 5.41) is 12.1. The van der Waals surface area contributed by atoms with Gasteiger partial charge < -0.3 is 10.4 Å². The first kappa shape index (κ1) is 17.5. The molecule has 0 amide bonds. The monoisotopic (exact) mass is 350 g/mol. The number of hydrogen-bond acceptors (Lipinski definition) is 3. The van der Waals surface area contributed by atoms with Crippen LogP contribution >= 0.6 is 15.9 Å². The minimum absolute atomic E-state index is 0.0874. The van der Waals surface area contributed by atoms with Crippen LogP contribution in [0.3, 0.4) is 0 Å². The van der Waals surface area contributed by atoms with E-state index in [1.807, 2.05) is 31.3 Å². The minimum Gasteiger partial charge on any atom is -0.395 e. The average Bonchev–Trinajstić information content (AvgIpc) is 2.40. The molecule has 0 bridgehead atoms. The van der Waals surface area contributed by atoms with Gasteiger partial charge in [0, 0.05) is 23.6 Å². The third-order valence-corrected chi connectivity index (χ3v) is 3.90. The second-order valence-corrected chi connectivity index (χ2v) is 5.42. The fourth-order valence-corrected chi connectivity index (χ4v) is 2.72. The van der Waals surface area contributed by atoms with Gasteiger partial charge in [-0.3, -0.25) is 4.90 Å². The highest BCUT2D eigenvalue weighted by molar-refractivity contribution is 9.10. The molecule has 1 unspecified atom stereocenters. The molecule has 3 nitrogen and oxygen atoms in total. The van der Waals surface area contributed by atoms with Crippen LogP contribution in [0, 0.1) is 0 Å². The fourth-order valence-electron chi connectivity index (χ4n) is 2.16. The molecule has 1 rings (SSSR count). The Bertz CT molecular complexity index is 393. The summed E-state index contributed by atoms with van der Waals surface area (Å²) >= 11 is 3.50. The van der Waals surface area contributed by atoms with E-state index in [0.29, 0.717) is 13.0 Å². The largest absolute Gasteiger partial charge is 0.395 e. The van der Waals surface area contributed by atoms with E-state index in [1.165, 1.54) is 0 Å². The number of halogens is 3. The van der Waals surface area contributed by atoms with Gasteiger partial charge in [0.1, 0.15) is 0 Å². The molecule has 0 spiro atoms. The maximum Gasteiger partial charge on any atom is 0.251 e. The van der Waals surface area contributed by atoms with E-state index < -0.39 is 6.43 Å². The van der Waals surface area contributed by atoms with Crippen LogP contribution in [0.4, 0.5) is 8.78 Å². The number of nitrogens with zero attached hydrogens (tertiary/aromatic N) is 1. The summed E-state index contributed by atoms with van der Waals surface area (Å²) in [5.41, 5.74) is 1.11. The zero-order valence-electron chi connectivity index (χ0n) is 11.5. The van der Waals surface area contributed by atoms with E-state index >= 15 is 0 Å². The molecule has 1 aromatic rings. The van der Waals surface area contributed by atoms with E-state index in [1.54, 1.807) is 4.90 Å². The molecule has 114 valence electrons. The highest BCUT2D eigenvalue weighted by atomic mass is 79.9. The number of hydrogen-bond donors (Lipinski definition) is 2. The van der Waals surface area contributed by atoms with Crippen LogP contribution in [0.1, 0.15) is 18.0 Å². The van der Waals surface area contributed by atoms with Gasteiger partial charge in [0.15, 0.2) is 0 Å². The Morgan fingerprint density at radius 3 is 2.55 bits per heavy atom. The van der Waals surface area contributed by atoms with Crippen LogP contribution in [0.25, 0.3) is 0 Å².